The Hall–Kier alpha value is -0.620. The Morgan fingerprint density at radius 2 is 2.41 bits per heavy atom. The summed E-state index contributed by atoms with van der Waals surface area (Å²) in [7, 11) is 1.67. The molecule has 6 heteroatoms. The van der Waals surface area contributed by atoms with Gasteiger partial charge in [0.05, 0.1) is 36.1 Å². The fourth-order valence-electron chi connectivity index (χ4n) is 2.11. The molecular formula is C11H19ClN4O. The molecule has 0 aliphatic heterocycles. The lowest BCUT2D eigenvalue weighted by molar-refractivity contribution is 0.180. The monoisotopic (exact) mass is 258 g/mol. The third-order valence-electron chi connectivity index (χ3n) is 3.52. The summed E-state index contributed by atoms with van der Waals surface area (Å²) in [5.41, 5.74) is 4.04. The summed E-state index contributed by atoms with van der Waals surface area (Å²) in [6, 6.07) is 0.0503. The number of nitrogens with zero attached hydrogens (tertiary/aromatic N) is 2. The van der Waals surface area contributed by atoms with E-state index in [0.717, 1.165) is 18.5 Å². The molecule has 0 bridgehead atoms. The molecule has 1 aromatic heterocycles. The van der Waals surface area contributed by atoms with Gasteiger partial charge in [-0.2, -0.15) is 5.10 Å². The van der Waals surface area contributed by atoms with Crippen LogP contribution in [0.2, 0.25) is 5.02 Å². The van der Waals surface area contributed by atoms with Gasteiger partial charge in [-0.1, -0.05) is 18.5 Å². The maximum absolute atomic E-state index is 6.21. The third kappa shape index (κ3) is 2.47. The zero-order valence-electron chi connectivity index (χ0n) is 10.2. The van der Waals surface area contributed by atoms with Crippen LogP contribution in [0.5, 0.6) is 0 Å². The van der Waals surface area contributed by atoms with Gasteiger partial charge < -0.3 is 4.74 Å². The SMILES string of the molecule is COCCn1ncc(Cl)c1C(NN)C1(C)CC1. The molecule has 1 unspecified atom stereocenters. The second kappa shape index (κ2) is 4.94. The lowest BCUT2D eigenvalue weighted by atomic mass is 9.96. The van der Waals surface area contributed by atoms with Gasteiger partial charge in [-0.15, -0.1) is 0 Å². The summed E-state index contributed by atoms with van der Waals surface area (Å²) in [4.78, 5) is 0. The van der Waals surface area contributed by atoms with E-state index in [1.54, 1.807) is 13.3 Å². The van der Waals surface area contributed by atoms with Crippen LogP contribution in [0.25, 0.3) is 0 Å². The highest BCUT2D eigenvalue weighted by Gasteiger charge is 2.47. The van der Waals surface area contributed by atoms with Crippen LogP contribution in [0.15, 0.2) is 6.20 Å². The highest BCUT2D eigenvalue weighted by molar-refractivity contribution is 6.31. The zero-order valence-corrected chi connectivity index (χ0v) is 11.0. The predicted molar refractivity (Wildman–Crippen MR) is 66.5 cm³/mol. The van der Waals surface area contributed by atoms with Crippen LogP contribution < -0.4 is 11.3 Å². The number of hydrogen-bond acceptors (Lipinski definition) is 4. The number of nitrogens with two attached hydrogens (primary N) is 1. The first kappa shape index (κ1) is 12.8. The molecule has 1 saturated carbocycles. The Morgan fingerprint density at radius 3 is 2.94 bits per heavy atom. The molecule has 3 N–H and O–H groups in total. The molecule has 1 aromatic rings. The van der Waals surface area contributed by atoms with Crippen molar-refractivity contribution in [3.05, 3.63) is 16.9 Å². The Labute approximate surface area is 106 Å². The minimum Gasteiger partial charge on any atom is -0.383 e. The van der Waals surface area contributed by atoms with Gasteiger partial charge in [-0.3, -0.25) is 16.0 Å². The highest BCUT2D eigenvalue weighted by atomic mass is 35.5. The number of nitrogens with one attached hydrogen (secondary N) is 1. The average Bonchev–Trinajstić information content (AvgIpc) is 2.95. The topological polar surface area (TPSA) is 65.1 Å². The Balaban J connectivity index is 2.25. The van der Waals surface area contributed by atoms with Gasteiger partial charge in [0.2, 0.25) is 0 Å². The molecule has 1 fully saturated rings. The van der Waals surface area contributed by atoms with Crippen LogP contribution in [0.1, 0.15) is 31.5 Å². The van der Waals surface area contributed by atoms with Crippen LogP contribution in [-0.4, -0.2) is 23.5 Å². The van der Waals surface area contributed by atoms with Crippen molar-refractivity contribution in [3.63, 3.8) is 0 Å². The van der Waals surface area contributed by atoms with Gasteiger partial charge in [0.25, 0.3) is 0 Å². The van der Waals surface area contributed by atoms with Crippen LogP contribution in [0, 0.1) is 5.41 Å². The number of methoxy groups -OCH3 is 1. The maximum Gasteiger partial charge on any atom is 0.0834 e. The summed E-state index contributed by atoms with van der Waals surface area (Å²) < 4.78 is 6.94. The molecule has 0 spiro atoms. The molecule has 1 aliphatic rings. The van der Waals surface area contributed by atoms with E-state index in [-0.39, 0.29) is 11.5 Å². The molecule has 1 aliphatic carbocycles. The van der Waals surface area contributed by atoms with E-state index in [0.29, 0.717) is 18.2 Å². The lowest BCUT2D eigenvalue weighted by Gasteiger charge is -2.24. The molecule has 2 rings (SSSR count). The highest BCUT2D eigenvalue weighted by Crippen LogP contribution is 2.54. The molecule has 1 atom stereocenters. The molecule has 0 aromatic carbocycles. The van der Waals surface area contributed by atoms with E-state index in [1.807, 2.05) is 4.68 Å². The minimum atomic E-state index is 0.0503. The van der Waals surface area contributed by atoms with Crippen molar-refractivity contribution in [1.29, 1.82) is 0 Å². The molecule has 0 radical (unpaired) electrons. The van der Waals surface area contributed by atoms with E-state index in [1.165, 1.54) is 0 Å². The van der Waals surface area contributed by atoms with E-state index < -0.39 is 0 Å². The van der Waals surface area contributed by atoms with E-state index in [4.69, 9.17) is 22.2 Å². The maximum atomic E-state index is 6.21. The van der Waals surface area contributed by atoms with Crippen molar-refractivity contribution in [2.24, 2.45) is 11.3 Å². The van der Waals surface area contributed by atoms with Crippen molar-refractivity contribution in [1.82, 2.24) is 15.2 Å². The summed E-state index contributed by atoms with van der Waals surface area (Å²) in [6.45, 7) is 3.51. The molecule has 96 valence electrons. The van der Waals surface area contributed by atoms with E-state index >= 15 is 0 Å². The first-order chi connectivity index (χ1) is 8.12. The minimum absolute atomic E-state index is 0.0503. The fourth-order valence-corrected chi connectivity index (χ4v) is 2.36. The number of ether oxygens (including phenoxy) is 1. The molecule has 1 heterocycles. The number of rotatable bonds is 6. The van der Waals surface area contributed by atoms with Crippen LogP contribution in [0.4, 0.5) is 0 Å². The van der Waals surface area contributed by atoms with Gasteiger partial charge in [0.1, 0.15) is 0 Å². The molecule has 0 saturated heterocycles. The van der Waals surface area contributed by atoms with Gasteiger partial charge in [-0.05, 0) is 18.3 Å². The second-order valence-corrected chi connectivity index (χ2v) is 5.25. The fraction of sp³-hybridized carbons (Fsp3) is 0.727. The van der Waals surface area contributed by atoms with Crippen LogP contribution >= 0.6 is 11.6 Å². The summed E-state index contributed by atoms with van der Waals surface area (Å²) in [5, 5.41) is 4.94. The first-order valence-corrected chi connectivity index (χ1v) is 6.16. The van der Waals surface area contributed by atoms with Gasteiger partial charge >= 0.3 is 0 Å². The number of hydrazine groups is 1. The van der Waals surface area contributed by atoms with E-state index in [9.17, 15) is 0 Å². The number of hydrogen-bond donors (Lipinski definition) is 2. The summed E-state index contributed by atoms with van der Waals surface area (Å²) >= 11 is 6.21. The van der Waals surface area contributed by atoms with Gasteiger partial charge in [0, 0.05) is 7.11 Å². The quantitative estimate of drug-likeness (QED) is 0.599. The molecule has 0 amide bonds. The zero-order chi connectivity index (χ0) is 12.5. The van der Waals surface area contributed by atoms with Gasteiger partial charge in [0.15, 0.2) is 0 Å². The standard InChI is InChI=1S/C11H19ClN4O/c1-11(3-4-11)10(15-13)9-8(12)7-14-16(9)5-6-17-2/h7,10,15H,3-6,13H2,1-2H3. The van der Waals surface area contributed by atoms with Crippen molar-refractivity contribution >= 4 is 11.6 Å². The van der Waals surface area contributed by atoms with Crippen molar-refractivity contribution in [2.45, 2.75) is 32.4 Å². The second-order valence-electron chi connectivity index (χ2n) is 4.85. The first-order valence-electron chi connectivity index (χ1n) is 5.78. The summed E-state index contributed by atoms with van der Waals surface area (Å²) in [5.74, 6) is 5.68. The molecule has 17 heavy (non-hydrogen) atoms. The van der Waals surface area contributed by atoms with Crippen molar-refractivity contribution in [3.8, 4) is 0 Å². The molecular weight excluding hydrogens is 240 g/mol. The van der Waals surface area contributed by atoms with E-state index in [2.05, 4.69) is 17.4 Å². The third-order valence-corrected chi connectivity index (χ3v) is 3.81. The van der Waals surface area contributed by atoms with Crippen LogP contribution in [0.3, 0.4) is 0 Å². The summed E-state index contributed by atoms with van der Waals surface area (Å²) in [6.07, 6.45) is 3.99. The number of aromatic nitrogens is 2. The van der Waals surface area contributed by atoms with Gasteiger partial charge in [-0.25, -0.2) is 0 Å². The van der Waals surface area contributed by atoms with Crippen molar-refractivity contribution in [2.75, 3.05) is 13.7 Å². The Bertz CT molecular complexity index is 389. The molecule has 5 nitrogen and oxygen atoms in total. The Morgan fingerprint density at radius 1 is 1.71 bits per heavy atom. The Kier molecular flexibility index (Phi) is 3.73. The largest absolute Gasteiger partial charge is 0.383 e. The normalized spacial score (nSPS) is 19.3. The lowest BCUT2D eigenvalue weighted by Crippen LogP contribution is -2.35. The number of halogens is 1. The van der Waals surface area contributed by atoms with Crippen LogP contribution in [-0.2, 0) is 11.3 Å². The predicted octanol–water partition coefficient (Wildman–Crippen LogP) is 1.49. The smallest absolute Gasteiger partial charge is 0.0834 e. The average molecular weight is 259 g/mol. The van der Waals surface area contributed by atoms with Crippen molar-refractivity contribution < 1.29 is 4.74 Å².